The first-order chi connectivity index (χ1) is 10.1. The van der Waals surface area contributed by atoms with Crippen molar-refractivity contribution in [2.45, 2.75) is 30.7 Å². The molecular weight excluding hydrogens is 269 g/mol. The average Bonchev–Trinajstić information content (AvgIpc) is 2.85. The van der Waals surface area contributed by atoms with Gasteiger partial charge in [-0.2, -0.15) is 0 Å². The fourth-order valence-electron chi connectivity index (χ4n) is 3.92. The fourth-order valence-corrected chi connectivity index (χ4v) is 3.92. The predicted molar refractivity (Wildman–Crippen MR) is 80.6 cm³/mol. The molecule has 0 N–H and O–H groups in total. The highest BCUT2D eigenvalue weighted by Gasteiger charge is 2.46. The Labute approximate surface area is 125 Å². The van der Waals surface area contributed by atoms with Gasteiger partial charge in [-0.05, 0) is 50.6 Å². The number of ether oxygens (including phenoxy) is 2. The smallest absolute Gasteiger partial charge is 0.196 e. The molecule has 0 aromatic heterocycles. The van der Waals surface area contributed by atoms with E-state index in [4.69, 9.17) is 9.47 Å². The number of fused-ring (bicyclic) bond motifs is 1. The van der Waals surface area contributed by atoms with Gasteiger partial charge in [0.05, 0.1) is 14.2 Å². The maximum Gasteiger partial charge on any atom is 0.196 e. The van der Waals surface area contributed by atoms with Crippen molar-refractivity contribution >= 4 is 0 Å². The van der Waals surface area contributed by atoms with Gasteiger partial charge >= 0.3 is 0 Å². The SMILES string of the molecule is COc1cc([C@@]23C=CCCC2N(C)CC3)cc(F)c1OC. The molecule has 1 aromatic carbocycles. The number of benzene rings is 1. The molecule has 1 heterocycles. The second kappa shape index (κ2) is 5.34. The lowest BCUT2D eigenvalue weighted by atomic mass is 9.70. The monoisotopic (exact) mass is 291 g/mol. The quantitative estimate of drug-likeness (QED) is 0.799. The van der Waals surface area contributed by atoms with Gasteiger partial charge in [0.2, 0.25) is 0 Å². The largest absolute Gasteiger partial charge is 0.493 e. The van der Waals surface area contributed by atoms with E-state index in [1.54, 1.807) is 13.2 Å². The minimum absolute atomic E-state index is 0.104. The van der Waals surface area contributed by atoms with Crippen LogP contribution in [0.25, 0.3) is 0 Å². The first-order valence-electron chi connectivity index (χ1n) is 7.42. The van der Waals surface area contributed by atoms with Gasteiger partial charge in [-0.3, -0.25) is 0 Å². The first kappa shape index (κ1) is 14.4. The van der Waals surface area contributed by atoms with E-state index in [9.17, 15) is 4.39 Å². The summed E-state index contributed by atoms with van der Waals surface area (Å²) >= 11 is 0. The minimum Gasteiger partial charge on any atom is -0.493 e. The zero-order valence-corrected chi connectivity index (χ0v) is 12.9. The molecule has 4 heteroatoms. The minimum atomic E-state index is -0.353. The van der Waals surface area contributed by atoms with Gasteiger partial charge in [0.25, 0.3) is 0 Å². The lowest BCUT2D eigenvalue weighted by Crippen LogP contribution is -2.41. The maximum atomic E-state index is 14.4. The average molecular weight is 291 g/mol. The number of allylic oxidation sites excluding steroid dienone is 1. The molecule has 1 aliphatic carbocycles. The normalized spacial score (nSPS) is 28.5. The topological polar surface area (TPSA) is 21.7 Å². The second-order valence-corrected chi connectivity index (χ2v) is 5.96. The van der Waals surface area contributed by atoms with Crippen molar-refractivity contribution in [1.82, 2.24) is 4.90 Å². The molecular formula is C17H22FNO2. The number of methoxy groups -OCH3 is 2. The van der Waals surface area contributed by atoms with Crippen LogP contribution in [0.4, 0.5) is 4.39 Å². The molecule has 2 atom stereocenters. The third kappa shape index (κ3) is 2.13. The van der Waals surface area contributed by atoms with Gasteiger partial charge in [-0.25, -0.2) is 4.39 Å². The lowest BCUT2D eigenvalue weighted by molar-refractivity contribution is 0.248. The van der Waals surface area contributed by atoms with Crippen LogP contribution in [-0.2, 0) is 5.41 Å². The Morgan fingerprint density at radius 2 is 2.10 bits per heavy atom. The van der Waals surface area contributed by atoms with Crippen LogP contribution in [0.3, 0.4) is 0 Å². The Balaban J connectivity index is 2.13. The van der Waals surface area contributed by atoms with Crippen molar-refractivity contribution in [2.24, 2.45) is 0 Å². The molecule has 0 spiro atoms. The fraction of sp³-hybridized carbons (Fsp3) is 0.529. The van der Waals surface area contributed by atoms with Crippen molar-refractivity contribution in [1.29, 1.82) is 0 Å². The number of likely N-dealkylation sites (N-methyl/N-ethyl adjacent to an activating group) is 1. The molecule has 0 amide bonds. The van der Waals surface area contributed by atoms with Crippen LogP contribution in [0, 0.1) is 5.82 Å². The molecule has 1 fully saturated rings. The Morgan fingerprint density at radius 1 is 1.29 bits per heavy atom. The van der Waals surface area contributed by atoms with Crippen molar-refractivity contribution < 1.29 is 13.9 Å². The number of hydrogen-bond donors (Lipinski definition) is 0. The first-order valence-corrected chi connectivity index (χ1v) is 7.42. The zero-order chi connectivity index (χ0) is 15.0. The van der Waals surface area contributed by atoms with E-state index >= 15 is 0 Å². The summed E-state index contributed by atoms with van der Waals surface area (Å²) in [5, 5.41) is 0. The van der Waals surface area contributed by atoms with E-state index in [0.717, 1.165) is 31.4 Å². The lowest BCUT2D eigenvalue weighted by Gasteiger charge is -2.38. The van der Waals surface area contributed by atoms with Gasteiger partial charge in [-0.1, -0.05) is 12.2 Å². The predicted octanol–water partition coefficient (Wildman–Crippen LogP) is 3.13. The summed E-state index contributed by atoms with van der Waals surface area (Å²) in [4.78, 5) is 2.39. The molecule has 1 saturated heterocycles. The molecule has 1 aromatic rings. The molecule has 2 aliphatic rings. The van der Waals surface area contributed by atoms with Crippen LogP contribution >= 0.6 is 0 Å². The molecule has 0 bridgehead atoms. The van der Waals surface area contributed by atoms with E-state index in [-0.39, 0.29) is 17.0 Å². The highest BCUT2D eigenvalue weighted by molar-refractivity contribution is 5.49. The Bertz CT molecular complexity index is 572. The Hall–Kier alpha value is -1.55. The summed E-state index contributed by atoms with van der Waals surface area (Å²) in [6.45, 7) is 1.03. The summed E-state index contributed by atoms with van der Waals surface area (Å²) < 4.78 is 24.8. The van der Waals surface area contributed by atoms with Crippen LogP contribution in [0.15, 0.2) is 24.3 Å². The van der Waals surface area contributed by atoms with Crippen LogP contribution in [0.5, 0.6) is 11.5 Å². The van der Waals surface area contributed by atoms with Gasteiger partial charge < -0.3 is 14.4 Å². The second-order valence-electron chi connectivity index (χ2n) is 5.96. The van der Waals surface area contributed by atoms with Crippen molar-refractivity contribution in [3.8, 4) is 11.5 Å². The van der Waals surface area contributed by atoms with Crippen LogP contribution in [0.2, 0.25) is 0 Å². The van der Waals surface area contributed by atoms with Gasteiger partial charge in [0, 0.05) is 11.5 Å². The molecule has 1 unspecified atom stereocenters. The number of hydrogen-bond acceptors (Lipinski definition) is 3. The molecule has 114 valence electrons. The van der Waals surface area contributed by atoms with Crippen molar-refractivity contribution in [3.05, 3.63) is 35.7 Å². The number of halogens is 1. The summed E-state index contributed by atoms with van der Waals surface area (Å²) in [6.07, 6.45) is 7.71. The van der Waals surface area contributed by atoms with E-state index < -0.39 is 0 Å². The van der Waals surface area contributed by atoms with E-state index in [1.165, 1.54) is 7.11 Å². The molecule has 3 nitrogen and oxygen atoms in total. The molecule has 1 aliphatic heterocycles. The number of rotatable bonds is 3. The number of likely N-dealkylation sites (tertiary alicyclic amines) is 1. The summed E-state index contributed by atoms with van der Waals surface area (Å²) in [6, 6.07) is 3.98. The standard InChI is InChI=1S/C17H22FNO2/c1-19-9-8-17(7-5-4-6-15(17)19)12-10-13(18)16(21-3)14(11-12)20-2/h5,7,10-11,15H,4,6,8-9H2,1-3H3/t15?,17-/m0/s1. The highest BCUT2D eigenvalue weighted by atomic mass is 19.1. The maximum absolute atomic E-state index is 14.4. The molecule has 0 saturated carbocycles. The summed E-state index contributed by atoms with van der Waals surface area (Å²) in [5.41, 5.74) is 0.885. The van der Waals surface area contributed by atoms with E-state index in [2.05, 4.69) is 24.1 Å². The summed E-state index contributed by atoms with van der Waals surface area (Å²) in [5.74, 6) is 0.294. The van der Waals surface area contributed by atoms with Crippen LogP contribution in [0.1, 0.15) is 24.8 Å². The van der Waals surface area contributed by atoms with Crippen LogP contribution < -0.4 is 9.47 Å². The Kier molecular flexibility index (Phi) is 3.66. The van der Waals surface area contributed by atoms with Gasteiger partial charge in [0.15, 0.2) is 17.3 Å². The van der Waals surface area contributed by atoms with E-state index in [1.807, 2.05) is 6.07 Å². The Morgan fingerprint density at radius 3 is 2.81 bits per heavy atom. The van der Waals surface area contributed by atoms with Gasteiger partial charge in [0.1, 0.15) is 0 Å². The van der Waals surface area contributed by atoms with Crippen molar-refractivity contribution in [2.75, 3.05) is 27.8 Å². The molecule has 3 rings (SSSR count). The molecule has 21 heavy (non-hydrogen) atoms. The number of nitrogens with zero attached hydrogens (tertiary/aromatic N) is 1. The molecule has 0 radical (unpaired) electrons. The van der Waals surface area contributed by atoms with Gasteiger partial charge in [-0.15, -0.1) is 0 Å². The third-order valence-corrected chi connectivity index (χ3v) is 5.00. The zero-order valence-electron chi connectivity index (χ0n) is 12.9. The summed E-state index contributed by atoms with van der Waals surface area (Å²) in [7, 11) is 5.17. The third-order valence-electron chi connectivity index (χ3n) is 5.00. The highest BCUT2D eigenvalue weighted by Crippen LogP contribution is 2.47. The van der Waals surface area contributed by atoms with E-state index in [0.29, 0.717) is 11.8 Å². The van der Waals surface area contributed by atoms with Crippen LogP contribution in [-0.4, -0.2) is 38.8 Å². The van der Waals surface area contributed by atoms with Crippen molar-refractivity contribution in [3.63, 3.8) is 0 Å².